The summed E-state index contributed by atoms with van der Waals surface area (Å²) < 4.78 is 23.7. The number of nitrogens with zero attached hydrogens (tertiary/aromatic N) is 2. The van der Waals surface area contributed by atoms with Gasteiger partial charge in [-0.2, -0.15) is 0 Å². The first-order valence-corrected chi connectivity index (χ1v) is 10.0. The molecule has 2 aromatic carbocycles. The molecular formula is C24H20FN3O4. The third kappa shape index (κ3) is 4.49. The van der Waals surface area contributed by atoms with Crippen LogP contribution in [0.2, 0.25) is 0 Å². The van der Waals surface area contributed by atoms with E-state index in [0.29, 0.717) is 28.0 Å². The third-order valence-electron chi connectivity index (χ3n) is 4.96. The largest absolute Gasteiger partial charge is 0.452 e. The molecule has 0 unspecified atom stereocenters. The molecule has 32 heavy (non-hydrogen) atoms. The highest BCUT2D eigenvalue weighted by molar-refractivity contribution is 6.05. The van der Waals surface area contributed by atoms with Crippen LogP contribution in [0, 0.1) is 12.7 Å². The normalized spacial score (nSPS) is 10.8. The van der Waals surface area contributed by atoms with E-state index >= 15 is 0 Å². The molecule has 0 atom stereocenters. The number of rotatable bonds is 6. The zero-order valence-electron chi connectivity index (χ0n) is 17.5. The fraction of sp³-hybridized carbons (Fsp3) is 0.167. The van der Waals surface area contributed by atoms with Crippen LogP contribution in [0.25, 0.3) is 22.4 Å². The fourth-order valence-electron chi connectivity index (χ4n) is 3.25. The predicted octanol–water partition coefficient (Wildman–Crippen LogP) is 4.70. The molecule has 0 spiro atoms. The first-order valence-electron chi connectivity index (χ1n) is 10.0. The van der Waals surface area contributed by atoms with Gasteiger partial charge in [0, 0.05) is 11.3 Å². The van der Waals surface area contributed by atoms with Crippen LogP contribution in [0.5, 0.6) is 0 Å². The van der Waals surface area contributed by atoms with Crippen LogP contribution in [0.4, 0.5) is 10.1 Å². The summed E-state index contributed by atoms with van der Waals surface area (Å²) in [6, 6.07) is 14.6. The summed E-state index contributed by atoms with van der Waals surface area (Å²) in [5.74, 6) is -1.57. The number of esters is 1. The van der Waals surface area contributed by atoms with Gasteiger partial charge in [-0.05, 0) is 61.4 Å². The molecule has 8 heteroatoms. The Morgan fingerprint density at radius 3 is 2.50 bits per heavy atom. The van der Waals surface area contributed by atoms with Crippen LogP contribution in [0.15, 0.2) is 59.1 Å². The second kappa shape index (κ2) is 8.97. The number of benzene rings is 2. The summed E-state index contributed by atoms with van der Waals surface area (Å²) in [7, 11) is 0. The second-order valence-corrected chi connectivity index (χ2v) is 7.18. The SMILES string of the molecule is CCc1ccc(NC(=O)COC(=O)c2cc(-c3ccc(F)cc3)nc3onc(C)c23)cc1. The van der Waals surface area contributed by atoms with Crippen LogP contribution in [0.3, 0.4) is 0 Å². The Hall–Kier alpha value is -4.07. The van der Waals surface area contributed by atoms with Gasteiger partial charge in [-0.15, -0.1) is 0 Å². The van der Waals surface area contributed by atoms with Crippen molar-refractivity contribution in [3.63, 3.8) is 0 Å². The van der Waals surface area contributed by atoms with Crippen molar-refractivity contribution < 1.29 is 23.2 Å². The maximum atomic E-state index is 13.3. The molecule has 0 bridgehead atoms. The van der Waals surface area contributed by atoms with Gasteiger partial charge in [0.25, 0.3) is 11.6 Å². The van der Waals surface area contributed by atoms with E-state index in [9.17, 15) is 14.0 Å². The zero-order chi connectivity index (χ0) is 22.7. The minimum absolute atomic E-state index is 0.150. The quantitative estimate of drug-likeness (QED) is 0.443. The highest BCUT2D eigenvalue weighted by Crippen LogP contribution is 2.27. The smallest absolute Gasteiger partial charge is 0.339 e. The van der Waals surface area contributed by atoms with Gasteiger partial charge in [-0.1, -0.05) is 24.2 Å². The Kier molecular flexibility index (Phi) is 5.93. The number of carbonyl (C=O) groups is 2. The molecule has 4 aromatic rings. The molecular weight excluding hydrogens is 413 g/mol. The molecule has 4 rings (SSSR count). The van der Waals surface area contributed by atoms with E-state index in [-0.39, 0.29) is 17.1 Å². The van der Waals surface area contributed by atoms with Crippen molar-refractivity contribution >= 4 is 28.7 Å². The lowest BCUT2D eigenvalue weighted by Crippen LogP contribution is -2.21. The molecule has 1 N–H and O–H groups in total. The van der Waals surface area contributed by atoms with Crippen molar-refractivity contribution in [2.75, 3.05) is 11.9 Å². The summed E-state index contributed by atoms with van der Waals surface area (Å²) in [4.78, 5) is 29.4. The van der Waals surface area contributed by atoms with Gasteiger partial charge in [0.15, 0.2) is 6.61 Å². The van der Waals surface area contributed by atoms with Crippen molar-refractivity contribution in [2.45, 2.75) is 20.3 Å². The number of anilines is 1. The molecule has 0 saturated heterocycles. The zero-order valence-corrected chi connectivity index (χ0v) is 17.5. The van der Waals surface area contributed by atoms with Crippen molar-refractivity contribution in [3.05, 3.63) is 77.2 Å². The Morgan fingerprint density at radius 2 is 1.81 bits per heavy atom. The Labute approximate surface area is 183 Å². The molecule has 2 heterocycles. The summed E-state index contributed by atoms with van der Waals surface area (Å²) in [5, 5.41) is 6.96. The lowest BCUT2D eigenvalue weighted by atomic mass is 10.1. The molecule has 7 nitrogen and oxygen atoms in total. The van der Waals surface area contributed by atoms with Gasteiger partial charge in [0.05, 0.1) is 22.3 Å². The molecule has 0 fully saturated rings. The topological polar surface area (TPSA) is 94.3 Å². The fourth-order valence-corrected chi connectivity index (χ4v) is 3.25. The van der Waals surface area contributed by atoms with E-state index in [2.05, 4.69) is 15.5 Å². The maximum absolute atomic E-state index is 13.3. The number of hydrogen-bond donors (Lipinski definition) is 1. The maximum Gasteiger partial charge on any atom is 0.339 e. The molecule has 162 valence electrons. The van der Waals surface area contributed by atoms with Gasteiger partial charge < -0.3 is 14.6 Å². The molecule has 0 saturated carbocycles. The lowest BCUT2D eigenvalue weighted by molar-refractivity contribution is -0.119. The van der Waals surface area contributed by atoms with Gasteiger partial charge >= 0.3 is 5.97 Å². The highest BCUT2D eigenvalue weighted by Gasteiger charge is 2.21. The highest BCUT2D eigenvalue weighted by atomic mass is 19.1. The predicted molar refractivity (Wildman–Crippen MR) is 117 cm³/mol. The van der Waals surface area contributed by atoms with E-state index < -0.39 is 18.5 Å². The number of amides is 1. The van der Waals surface area contributed by atoms with E-state index in [1.165, 1.54) is 18.2 Å². The number of aryl methyl sites for hydroxylation is 2. The number of carbonyl (C=O) groups excluding carboxylic acids is 2. The molecule has 2 aromatic heterocycles. The Morgan fingerprint density at radius 1 is 1.09 bits per heavy atom. The summed E-state index contributed by atoms with van der Waals surface area (Å²) in [5.41, 5.74) is 3.52. The minimum Gasteiger partial charge on any atom is -0.452 e. The first kappa shape index (κ1) is 21.2. The Bertz CT molecular complexity index is 1280. The number of hydrogen-bond acceptors (Lipinski definition) is 6. The number of fused-ring (bicyclic) bond motifs is 1. The Balaban J connectivity index is 1.53. The second-order valence-electron chi connectivity index (χ2n) is 7.18. The summed E-state index contributed by atoms with van der Waals surface area (Å²) in [6.45, 7) is 3.25. The number of aromatic nitrogens is 2. The van der Waals surface area contributed by atoms with E-state index in [1.807, 2.05) is 19.1 Å². The van der Waals surface area contributed by atoms with Crippen LogP contribution < -0.4 is 5.32 Å². The van der Waals surface area contributed by atoms with Gasteiger partial charge in [0.1, 0.15) is 5.82 Å². The minimum atomic E-state index is -0.719. The standard InChI is InChI=1S/C24H20FN3O4/c1-3-15-4-10-18(11-5-15)26-21(29)13-31-24(30)19-12-20(16-6-8-17(25)9-7-16)27-23-22(19)14(2)28-32-23/h4-12H,3,13H2,1-2H3,(H,26,29). The van der Waals surface area contributed by atoms with Gasteiger partial charge in [-0.25, -0.2) is 14.2 Å². The number of nitrogens with one attached hydrogen (secondary N) is 1. The average molecular weight is 433 g/mol. The van der Waals surface area contributed by atoms with Gasteiger partial charge in [-0.3, -0.25) is 4.79 Å². The van der Waals surface area contributed by atoms with E-state index in [4.69, 9.17) is 9.26 Å². The number of pyridine rings is 1. The molecule has 1 amide bonds. The number of ether oxygens (including phenoxy) is 1. The molecule has 0 radical (unpaired) electrons. The monoisotopic (exact) mass is 433 g/mol. The van der Waals surface area contributed by atoms with Crippen LogP contribution in [0.1, 0.15) is 28.5 Å². The van der Waals surface area contributed by atoms with Gasteiger partial charge in [0.2, 0.25) is 0 Å². The van der Waals surface area contributed by atoms with Crippen LogP contribution in [-0.4, -0.2) is 28.6 Å². The van der Waals surface area contributed by atoms with Crippen molar-refractivity contribution in [1.82, 2.24) is 10.1 Å². The lowest BCUT2D eigenvalue weighted by Gasteiger charge is -2.09. The molecule has 0 aliphatic carbocycles. The average Bonchev–Trinajstić information content (AvgIpc) is 3.18. The van der Waals surface area contributed by atoms with E-state index in [0.717, 1.165) is 12.0 Å². The van der Waals surface area contributed by atoms with Crippen LogP contribution in [-0.2, 0) is 16.0 Å². The molecule has 0 aliphatic heterocycles. The van der Waals surface area contributed by atoms with E-state index in [1.54, 1.807) is 31.2 Å². The van der Waals surface area contributed by atoms with Crippen LogP contribution >= 0.6 is 0 Å². The summed E-state index contributed by atoms with van der Waals surface area (Å²) in [6.07, 6.45) is 0.897. The summed E-state index contributed by atoms with van der Waals surface area (Å²) >= 11 is 0. The van der Waals surface area contributed by atoms with Crippen molar-refractivity contribution in [1.29, 1.82) is 0 Å². The number of halogens is 1. The first-order chi connectivity index (χ1) is 15.4. The third-order valence-corrected chi connectivity index (χ3v) is 4.96. The van der Waals surface area contributed by atoms with Crippen molar-refractivity contribution in [3.8, 4) is 11.3 Å². The van der Waals surface area contributed by atoms with Crippen molar-refractivity contribution in [2.24, 2.45) is 0 Å². The molecule has 0 aliphatic rings.